The first kappa shape index (κ1) is 17.3. The molecule has 0 radical (unpaired) electrons. The van der Waals surface area contributed by atoms with E-state index in [1.165, 1.54) is 36.1 Å². The van der Waals surface area contributed by atoms with Crippen molar-refractivity contribution in [3.63, 3.8) is 0 Å². The monoisotopic (exact) mass is 351 g/mol. The lowest BCUT2D eigenvalue weighted by Crippen LogP contribution is -2.41. The van der Waals surface area contributed by atoms with Crippen molar-refractivity contribution in [2.24, 2.45) is 5.92 Å². The Kier molecular flexibility index (Phi) is 5.40. The van der Waals surface area contributed by atoms with Crippen LogP contribution in [0.5, 0.6) is 5.75 Å². The van der Waals surface area contributed by atoms with Crippen LogP contribution in [0.25, 0.3) is 0 Å². The quantitative estimate of drug-likeness (QED) is 0.895. The van der Waals surface area contributed by atoms with Crippen LogP contribution in [-0.2, 0) is 12.8 Å². The van der Waals surface area contributed by atoms with Crippen LogP contribution in [0.2, 0.25) is 0 Å². The lowest BCUT2D eigenvalue weighted by molar-refractivity contribution is 0.345. The molecule has 2 heterocycles. The van der Waals surface area contributed by atoms with Gasteiger partial charge in [0.25, 0.3) is 0 Å². The summed E-state index contributed by atoms with van der Waals surface area (Å²) in [5.74, 6) is 1.85. The zero-order chi connectivity index (χ0) is 17.8. The number of pyridine rings is 1. The van der Waals surface area contributed by atoms with Crippen molar-refractivity contribution in [2.75, 3.05) is 31.6 Å². The standard InChI is InChI=1S/C22H29N3O/c1-26-22-4-2-3-18-15-19(5-6-21(18)22)24-16-17-9-13-25(14-10-17)20-7-11-23-12-8-20/h2-4,7-8,11-12,17,19,24H,5-6,9-10,13-16H2,1H3. The lowest BCUT2D eigenvalue weighted by Gasteiger charge is -2.35. The second-order valence-corrected chi connectivity index (χ2v) is 7.58. The third-order valence-electron chi connectivity index (χ3n) is 6.00. The van der Waals surface area contributed by atoms with E-state index in [1.807, 2.05) is 12.4 Å². The molecule has 1 unspecified atom stereocenters. The topological polar surface area (TPSA) is 37.4 Å². The molecule has 1 fully saturated rings. The highest BCUT2D eigenvalue weighted by atomic mass is 16.5. The summed E-state index contributed by atoms with van der Waals surface area (Å²) in [6.45, 7) is 3.45. The first-order valence-corrected chi connectivity index (χ1v) is 9.86. The van der Waals surface area contributed by atoms with Gasteiger partial charge in [-0.3, -0.25) is 4.98 Å². The van der Waals surface area contributed by atoms with E-state index in [0.29, 0.717) is 6.04 Å². The molecule has 4 rings (SSSR count). The maximum absolute atomic E-state index is 5.52. The van der Waals surface area contributed by atoms with E-state index in [0.717, 1.165) is 44.1 Å². The van der Waals surface area contributed by atoms with Crippen LogP contribution in [0.1, 0.15) is 30.4 Å². The number of piperidine rings is 1. The predicted molar refractivity (Wildman–Crippen MR) is 106 cm³/mol. The Morgan fingerprint density at radius 2 is 1.92 bits per heavy atom. The van der Waals surface area contributed by atoms with Crippen LogP contribution in [0.3, 0.4) is 0 Å². The number of rotatable bonds is 5. The maximum atomic E-state index is 5.52. The van der Waals surface area contributed by atoms with Gasteiger partial charge in [0.05, 0.1) is 7.11 Å². The zero-order valence-corrected chi connectivity index (χ0v) is 15.7. The first-order valence-electron chi connectivity index (χ1n) is 9.86. The minimum atomic E-state index is 0.604. The average molecular weight is 351 g/mol. The fourth-order valence-corrected chi connectivity index (χ4v) is 4.42. The molecule has 26 heavy (non-hydrogen) atoms. The van der Waals surface area contributed by atoms with Gasteiger partial charge < -0.3 is 15.0 Å². The van der Waals surface area contributed by atoms with E-state index in [-0.39, 0.29) is 0 Å². The second kappa shape index (κ2) is 8.09. The predicted octanol–water partition coefficient (Wildman–Crippen LogP) is 3.45. The minimum absolute atomic E-state index is 0.604. The van der Waals surface area contributed by atoms with Crippen molar-refractivity contribution in [3.05, 3.63) is 53.9 Å². The summed E-state index contributed by atoms with van der Waals surface area (Å²) < 4.78 is 5.52. The molecule has 1 aromatic carbocycles. The molecule has 1 aromatic heterocycles. The van der Waals surface area contributed by atoms with Gasteiger partial charge in [-0.05, 0) is 73.9 Å². The van der Waals surface area contributed by atoms with E-state index in [4.69, 9.17) is 4.74 Å². The Labute approximate surface area is 156 Å². The third-order valence-corrected chi connectivity index (χ3v) is 6.00. The van der Waals surface area contributed by atoms with Crippen LogP contribution < -0.4 is 15.0 Å². The minimum Gasteiger partial charge on any atom is -0.496 e. The Balaban J connectivity index is 1.26. The number of aromatic nitrogens is 1. The molecule has 1 N–H and O–H groups in total. The van der Waals surface area contributed by atoms with Crippen molar-refractivity contribution >= 4 is 5.69 Å². The van der Waals surface area contributed by atoms with Gasteiger partial charge in [-0.1, -0.05) is 12.1 Å². The number of fused-ring (bicyclic) bond motifs is 1. The van der Waals surface area contributed by atoms with E-state index in [1.54, 1.807) is 7.11 Å². The highest BCUT2D eigenvalue weighted by Gasteiger charge is 2.23. The first-order chi connectivity index (χ1) is 12.8. The highest BCUT2D eigenvalue weighted by Crippen LogP contribution is 2.30. The van der Waals surface area contributed by atoms with Gasteiger partial charge in [-0.15, -0.1) is 0 Å². The van der Waals surface area contributed by atoms with Crippen molar-refractivity contribution in [1.82, 2.24) is 10.3 Å². The lowest BCUT2D eigenvalue weighted by atomic mass is 9.87. The number of hydrogen-bond donors (Lipinski definition) is 1. The molecule has 4 heteroatoms. The van der Waals surface area contributed by atoms with Crippen molar-refractivity contribution in [1.29, 1.82) is 0 Å². The summed E-state index contributed by atoms with van der Waals surface area (Å²) in [7, 11) is 1.78. The van der Waals surface area contributed by atoms with Gasteiger partial charge >= 0.3 is 0 Å². The Hall–Kier alpha value is -2.07. The summed E-state index contributed by atoms with van der Waals surface area (Å²) in [4.78, 5) is 6.61. The van der Waals surface area contributed by atoms with Gasteiger partial charge in [0.15, 0.2) is 0 Å². The summed E-state index contributed by atoms with van der Waals surface area (Å²) in [5, 5.41) is 3.85. The Bertz CT molecular complexity index is 711. The number of hydrogen-bond acceptors (Lipinski definition) is 4. The number of methoxy groups -OCH3 is 1. The second-order valence-electron chi connectivity index (χ2n) is 7.58. The average Bonchev–Trinajstić information content (AvgIpc) is 2.72. The van der Waals surface area contributed by atoms with Gasteiger partial charge in [-0.25, -0.2) is 0 Å². The fraction of sp³-hybridized carbons (Fsp3) is 0.500. The SMILES string of the molecule is COc1cccc2c1CCC(NCC1CCN(c3ccncc3)CC1)C2. The van der Waals surface area contributed by atoms with Crippen LogP contribution in [0.15, 0.2) is 42.7 Å². The zero-order valence-electron chi connectivity index (χ0n) is 15.7. The van der Waals surface area contributed by atoms with Crippen molar-refractivity contribution in [2.45, 2.75) is 38.1 Å². The van der Waals surface area contributed by atoms with Gasteiger partial charge in [0.1, 0.15) is 5.75 Å². The van der Waals surface area contributed by atoms with Crippen LogP contribution in [-0.4, -0.2) is 37.8 Å². The molecule has 2 aromatic rings. The molecule has 138 valence electrons. The van der Waals surface area contributed by atoms with E-state index < -0.39 is 0 Å². The molecule has 0 bridgehead atoms. The van der Waals surface area contributed by atoms with E-state index in [2.05, 4.69) is 45.5 Å². The largest absolute Gasteiger partial charge is 0.496 e. The van der Waals surface area contributed by atoms with E-state index >= 15 is 0 Å². The number of anilines is 1. The molecule has 1 aliphatic carbocycles. The van der Waals surface area contributed by atoms with Crippen molar-refractivity contribution in [3.8, 4) is 5.75 Å². The molecule has 0 saturated carbocycles. The number of ether oxygens (including phenoxy) is 1. The molecular weight excluding hydrogens is 322 g/mol. The Morgan fingerprint density at radius 3 is 2.69 bits per heavy atom. The fourth-order valence-electron chi connectivity index (χ4n) is 4.42. The highest BCUT2D eigenvalue weighted by molar-refractivity contribution is 5.45. The van der Waals surface area contributed by atoms with E-state index in [9.17, 15) is 0 Å². The third kappa shape index (κ3) is 3.85. The summed E-state index contributed by atoms with van der Waals surface area (Å²) in [6.07, 6.45) is 9.78. The summed E-state index contributed by atoms with van der Waals surface area (Å²) in [5.41, 5.74) is 4.18. The summed E-state index contributed by atoms with van der Waals surface area (Å²) >= 11 is 0. The number of nitrogens with zero attached hydrogens (tertiary/aromatic N) is 2. The normalized spacial score (nSPS) is 20.7. The molecular formula is C22H29N3O. The molecule has 1 saturated heterocycles. The Morgan fingerprint density at radius 1 is 1.12 bits per heavy atom. The maximum Gasteiger partial charge on any atom is 0.122 e. The molecule has 1 atom stereocenters. The van der Waals surface area contributed by atoms with Crippen LogP contribution in [0, 0.1) is 5.92 Å². The summed E-state index contributed by atoms with van der Waals surface area (Å²) in [6, 6.07) is 11.3. The molecule has 0 spiro atoms. The van der Waals surface area contributed by atoms with Crippen LogP contribution in [0.4, 0.5) is 5.69 Å². The van der Waals surface area contributed by atoms with Gasteiger partial charge in [-0.2, -0.15) is 0 Å². The smallest absolute Gasteiger partial charge is 0.122 e. The molecule has 4 nitrogen and oxygen atoms in total. The molecule has 1 aliphatic heterocycles. The molecule has 2 aliphatic rings. The van der Waals surface area contributed by atoms with Gasteiger partial charge in [0, 0.05) is 37.2 Å². The van der Waals surface area contributed by atoms with Crippen LogP contribution >= 0.6 is 0 Å². The number of benzene rings is 1. The molecule has 0 amide bonds. The van der Waals surface area contributed by atoms with Crippen molar-refractivity contribution < 1.29 is 4.74 Å². The van der Waals surface area contributed by atoms with Gasteiger partial charge in [0.2, 0.25) is 0 Å². The number of nitrogens with one attached hydrogen (secondary N) is 1.